The number of hydrogen-bond donors (Lipinski definition) is 3. The van der Waals surface area contributed by atoms with Gasteiger partial charge in [-0.05, 0) is 45.1 Å². The van der Waals surface area contributed by atoms with Crippen LogP contribution >= 0.6 is 0 Å². The van der Waals surface area contributed by atoms with Crippen LogP contribution in [0, 0.1) is 5.92 Å². The highest BCUT2D eigenvalue weighted by molar-refractivity contribution is 5.73. The Bertz CT molecular complexity index is 250. The summed E-state index contributed by atoms with van der Waals surface area (Å²) in [5.74, 6) is -0.328. The molecule has 4 nitrogen and oxygen atoms in total. The first kappa shape index (κ1) is 15.4. The van der Waals surface area contributed by atoms with Crippen molar-refractivity contribution in [3.8, 4) is 0 Å². The third-order valence-corrected chi connectivity index (χ3v) is 3.54. The Morgan fingerprint density at radius 1 is 1.39 bits per heavy atom. The highest BCUT2D eigenvalue weighted by atomic mass is 16.4. The van der Waals surface area contributed by atoms with E-state index in [2.05, 4.69) is 31.4 Å². The van der Waals surface area contributed by atoms with Crippen molar-refractivity contribution in [2.24, 2.45) is 5.92 Å². The topological polar surface area (TPSA) is 61.4 Å². The molecule has 1 rings (SSSR count). The average Bonchev–Trinajstić information content (AvgIpc) is 2.28. The Hall–Kier alpha value is -0.610. The molecular weight excluding hydrogens is 228 g/mol. The van der Waals surface area contributed by atoms with Crippen LogP contribution in [-0.2, 0) is 4.79 Å². The van der Waals surface area contributed by atoms with Gasteiger partial charge in [0, 0.05) is 12.1 Å². The number of hydrogen-bond acceptors (Lipinski definition) is 3. The molecule has 0 aliphatic carbocycles. The highest BCUT2D eigenvalue weighted by Crippen LogP contribution is 2.13. The fourth-order valence-electron chi connectivity index (χ4n) is 2.67. The van der Waals surface area contributed by atoms with Crippen LogP contribution in [0.4, 0.5) is 0 Å². The smallest absolute Gasteiger partial charge is 0.320 e. The molecule has 0 radical (unpaired) electrons. The lowest BCUT2D eigenvalue weighted by Gasteiger charge is -2.28. The first-order chi connectivity index (χ1) is 8.49. The first-order valence-electron chi connectivity index (χ1n) is 7.21. The molecule has 18 heavy (non-hydrogen) atoms. The summed E-state index contributed by atoms with van der Waals surface area (Å²) in [6.07, 6.45) is 5.48. The molecule has 1 heterocycles. The van der Waals surface area contributed by atoms with E-state index in [1.807, 2.05) is 0 Å². The van der Waals surface area contributed by atoms with E-state index < -0.39 is 12.0 Å². The van der Waals surface area contributed by atoms with Gasteiger partial charge in [-0.25, -0.2) is 0 Å². The maximum absolute atomic E-state index is 11.2. The number of aliphatic carboxylic acids is 1. The number of carboxylic acids is 1. The molecule has 0 amide bonds. The molecule has 0 spiro atoms. The zero-order valence-corrected chi connectivity index (χ0v) is 11.9. The van der Waals surface area contributed by atoms with E-state index in [1.165, 1.54) is 19.3 Å². The normalized spacial score (nSPS) is 23.9. The molecule has 3 unspecified atom stereocenters. The molecule has 106 valence electrons. The monoisotopic (exact) mass is 256 g/mol. The second kappa shape index (κ2) is 7.74. The van der Waals surface area contributed by atoms with Crippen LogP contribution in [0.3, 0.4) is 0 Å². The molecule has 0 aromatic heterocycles. The maximum atomic E-state index is 11.2. The molecule has 1 fully saturated rings. The standard InChI is InChI=1S/C14H28N2O2/c1-10(2)8-13(14(17)18)16-11(3)9-12-6-4-5-7-15-12/h10-13,15-16H,4-9H2,1-3H3,(H,17,18). The first-order valence-corrected chi connectivity index (χ1v) is 7.21. The summed E-state index contributed by atoms with van der Waals surface area (Å²) in [6.45, 7) is 7.31. The van der Waals surface area contributed by atoms with Gasteiger partial charge in [0.2, 0.25) is 0 Å². The second-order valence-corrected chi connectivity index (χ2v) is 5.97. The largest absolute Gasteiger partial charge is 0.480 e. The minimum atomic E-state index is -0.729. The van der Waals surface area contributed by atoms with Crippen LogP contribution in [0.5, 0.6) is 0 Å². The van der Waals surface area contributed by atoms with Crippen molar-refractivity contribution in [1.29, 1.82) is 0 Å². The van der Waals surface area contributed by atoms with Crippen molar-refractivity contribution in [1.82, 2.24) is 10.6 Å². The summed E-state index contributed by atoms with van der Waals surface area (Å²) in [7, 11) is 0. The van der Waals surface area contributed by atoms with Crippen LogP contribution in [0.25, 0.3) is 0 Å². The Morgan fingerprint density at radius 3 is 2.61 bits per heavy atom. The zero-order valence-electron chi connectivity index (χ0n) is 11.9. The van der Waals surface area contributed by atoms with Gasteiger partial charge in [-0.2, -0.15) is 0 Å². The molecule has 4 heteroatoms. The number of carboxylic acid groups (broad SMARTS) is 1. The van der Waals surface area contributed by atoms with E-state index in [-0.39, 0.29) is 6.04 Å². The Morgan fingerprint density at radius 2 is 2.11 bits per heavy atom. The molecule has 0 aromatic rings. The lowest BCUT2D eigenvalue weighted by atomic mass is 9.97. The van der Waals surface area contributed by atoms with Crippen LogP contribution in [0.15, 0.2) is 0 Å². The van der Waals surface area contributed by atoms with E-state index in [4.69, 9.17) is 0 Å². The fourth-order valence-corrected chi connectivity index (χ4v) is 2.67. The molecule has 1 aliphatic rings. The molecular formula is C14H28N2O2. The molecule has 0 bridgehead atoms. The van der Waals surface area contributed by atoms with E-state index in [0.717, 1.165) is 13.0 Å². The minimum Gasteiger partial charge on any atom is -0.480 e. The summed E-state index contributed by atoms with van der Waals surface area (Å²) >= 11 is 0. The maximum Gasteiger partial charge on any atom is 0.320 e. The van der Waals surface area contributed by atoms with Crippen molar-refractivity contribution in [3.63, 3.8) is 0 Å². The summed E-state index contributed by atoms with van der Waals surface area (Å²) in [6, 6.07) is 0.388. The van der Waals surface area contributed by atoms with Crippen molar-refractivity contribution < 1.29 is 9.90 Å². The van der Waals surface area contributed by atoms with Gasteiger partial charge in [-0.1, -0.05) is 20.3 Å². The third-order valence-electron chi connectivity index (χ3n) is 3.54. The number of carbonyl (C=O) groups is 1. The highest BCUT2D eigenvalue weighted by Gasteiger charge is 2.22. The van der Waals surface area contributed by atoms with Gasteiger partial charge in [-0.15, -0.1) is 0 Å². The van der Waals surface area contributed by atoms with Crippen molar-refractivity contribution in [2.75, 3.05) is 6.54 Å². The van der Waals surface area contributed by atoms with Gasteiger partial charge < -0.3 is 15.7 Å². The van der Waals surface area contributed by atoms with Gasteiger partial charge in [-0.3, -0.25) is 4.79 Å². The van der Waals surface area contributed by atoms with Crippen molar-refractivity contribution >= 4 is 5.97 Å². The van der Waals surface area contributed by atoms with E-state index >= 15 is 0 Å². The third kappa shape index (κ3) is 5.83. The molecule has 0 saturated carbocycles. The van der Waals surface area contributed by atoms with Crippen LogP contribution in [0.2, 0.25) is 0 Å². The van der Waals surface area contributed by atoms with Crippen LogP contribution in [-0.4, -0.2) is 35.7 Å². The number of piperidine rings is 1. The van der Waals surface area contributed by atoms with Gasteiger partial charge in [0.1, 0.15) is 6.04 Å². The van der Waals surface area contributed by atoms with Crippen molar-refractivity contribution in [2.45, 2.75) is 71.0 Å². The second-order valence-electron chi connectivity index (χ2n) is 5.97. The SMILES string of the molecule is CC(C)CC(NC(C)CC1CCCCN1)C(=O)O. The zero-order chi connectivity index (χ0) is 13.5. The minimum absolute atomic E-state index is 0.250. The molecule has 3 N–H and O–H groups in total. The summed E-state index contributed by atoms with van der Waals surface area (Å²) in [4.78, 5) is 11.2. The van der Waals surface area contributed by atoms with E-state index in [9.17, 15) is 9.90 Å². The number of nitrogens with one attached hydrogen (secondary N) is 2. The molecule has 0 aromatic carbocycles. The average molecular weight is 256 g/mol. The van der Waals surface area contributed by atoms with E-state index in [0.29, 0.717) is 18.4 Å². The van der Waals surface area contributed by atoms with Gasteiger partial charge in [0.05, 0.1) is 0 Å². The summed E-state index contributed by atoms with van der Waals surface area (Å²) in [5.41, 5.74) is 0. The lowest BCUT2D eigenvalue weighted by molar-refractivity contribution is -0.140. The van der Waals surface area contributed by atoms with Crippen LogP contribution in [0.1, 0.15) is 52.9 Å². The summed E-state index contributed by atoms with van der Waals surface area (Å²) < 4.78 is 0. The lowest BCUT2D eigenvalue weighted by Crippen LogP contribution is -2.46. The Balaban J connectivity index is 2.35. The summed E-state index contributed by atoms with van der Waals surface area (Å²) in [5, 5.41) is 16.0. The van der Waals surface area contributed by atoms with Gasteiger partial charge in [0.15, 0.2) is 0 Å². The quantitative estimate of drug-likeness (QED) is 0.652. The fraction of sp³-hybridized carbons (Fsp3) is 0.929. The van der Waals surface area contributed by atoms with Gasteiger partial charge >= 0.3 is 5.97 Å². The van der Waals surface area contributed by atoms with Crippen molar-refractivity contribution in [3.05, 3.63) is 0 Å². The molecule has 1 aliphatic heterocycles. The van der Waals surface area contributed by atoms with Gasteiger partial charge in [0.25, 0.3) is 0 Å². The molecule has 3 atom stereocenters. The Labute approximate surface area is 111 Å². The number of rotatable bonds is 7. The van der Waals surface area contributed by atoms with Crippen LogP contribution < -0.4 is 10.6 Å². The van der Waals surface area contributed by atoms with E-state index in [1.54, 1.807) is 0 Å². The molecule has 1 saturated heterocycles. The Kier molecular flexibility index (Phi) is 6.65. The predicted octanol–water partition coefficient (Wildman–Crippen LogP) is 2.00. The predicted molar refractivity (Wildman–Crippen MR) is 73.7 cm³/mol.